The van der Waals surface area contributed by atoms with Crippen molar-refractivity contribution in [3.63, 3.8) is 0 Å². The van der Waals surface area contributed by atoms with Gasteiger partial charge in [-0.1, -0.05) is 0 Å². The molecule has 0 nitrogen and oxygen atoms in total. The predicted octanol–water partition coefficient (Wildman–Crippen LogP) is -1.84. The van der Waals surface area contributed by atoms with E-state index in [1.54, 1.807) is 0 Å². The zero-order chi connectivity index (χ0) is 0. The average molecular weight is 413 g/mol. The molecule has 0 saturated carbocycles. The van der Waals surface area contributed by atoms with Gasteiger partial charge in [-0.2, -0.15) is 0 Å². The van der Waals surface area contributed by atoms with E-state index in [1.165, 1.54) is 0 Å². The Labute approximate surface area is 109 Å². The van der Waals surface area contributed by atoms with Crippen molar-refractivity contribution in [2.24, 2.45) is 0 Å². The molecule has 3 radical (unpaired) electrons. The van der Waals surface area contributed by atoms with E-state index in [1.807, 2.05) is 0 Å². The van der Waals surface area contributed by atoms with Crippen molar-refractivity contribution in [2.45, 2.75) is 0 Å². The molecule has 0 aliphatic carbocycles. The van der Waals surface area contributed by atoms with Gasteiger partial charge in [0.05, 0.1) is 0 Å². The summed E-state index contributed by atoms with van der Waals surface area (Å²) >= 11 is 0. The molecule has 0 unspecified atom stereocenters. The van der Waals surface area contributed by atoms with Crippen LogP contribution in [-0.2, 0) is 91.1 Å². The van der Waals surface area contributed by atoms with Crippen LogP contribution in [0.5, 0.6) is 0 Å². The molecule has 0 bridgehead atoms. The third kappa shape index (κ3) is 26.7. The largest absolute Gasteiger partial charge is 0.0149 e. The molecule has 6 heteroatoms. The number of hydrogen-bond acceptors (Lipinski definition) is 0. The molecule has 0 saturated heterocycles. The Morgan fingerprint density at radius 1 is 1.00 bits per heavy atom. The summed E-state index contributed by atoms with van der Waals surface area (Å²) in [5.74, 6) is 0. The minimum absolute atomic E-state index is 0. The zero-order valence-corrected chi connectivity index (χ0v) is 11.4. The van der Waals surface area contributed by atoms with E-state index in [9.17, 15) is 0 Å². The topological polar surface area (TPSA) is 0 Å². The number of rotatable bonds is 0. The van der Waals surface area contributed by atoms with Crippen molar-refractivity contribution in [1.82, 2.24) is 0 Å². The van der Waals surface area contributed by atoms with Gasteiger partial charge in [0.1, 0.15) is 0 Å². The molecule has 0 aliphatic rings. The molecular weight excluding hydrogens is 408 g/mol. The second kappa shape index (κ2) is 40.8. The second-order valence-electron chi connectivity index (χ2n) is 0. The summed E-state index contributed by atoms with van der Waals surface area (Å²) in [6.07, 6.45) is 0. The first kappa shape index (κ1) is 59.1. The minimum atomic E-state index is 0. The molecule has 0 rings (SSSR count). The van der Waals surface area contributed by atoms with E-state index >= 15 is 0 Å². The normalized spacial score (nSPS) is 0. The maximum Gasteiger partial charge on any atom is 0 e. The Morgan fingerprint density at radius 2 is 1.00 bits per heavy atom. The van der Waals surface area contributed by atoms with Crippen LogP contribution in [0.3, 0.4) is 0 Å². The van der Waals surface area contributed by atoms with E-state index in [-0.39, 0.29) is 111 Å². The summed E-state index contributed by atoms with van der Waals surface area (Å²) in [6.45, 7) is 0. The molecule has 6 heavy (non-hydrogen) atoms. The first-order chi connectivity index (χ1) is 0. The van der Waals surface area contributed by atoms with Crippen LogP contribution in [0.2, 0.25) is 0 Å². The van der Waals surface area contributed by atoms with Gasteiger partial charge in [-0.25, -0.2) is 0 Å². The van der Waals surface area contributed by atoms with Crippen LogP contribution in [0.25, 0.3) is 0 Å². The van der Waals surface area contributed by atoms with Crippen molar-refractivity contribution in [1.29, 1.82) is 0 Å². The fourth-order valence-electron chi connectivity index (χ4n) is 0. The molecule has 0 atom stereocenters. The standard InChI is InChI=1S/B.Cr.Hf.H4Si.Ti.Zr/h;;;1H4;;. The van der Waals surface area contributed by atoms with Crippen molar-refractivity contribution >= 4 is 19.4 Å². The molecular formula is H4BCrHfSiTiZr. The number of hydrogen-bond donors (Lipinski definition) is 0. The van der Waals surface area contributed by atoms with E-state index < -0.39 is 0 Å². The maximum atomic E-state index is 0. The van der Waals surface area contributed by atoms with Crippen LogP contribution in [0.4, 0.5) is 0 Å². The molecule has 0 amide bonds. The van der Waals surface area contributed by atoms with Crippen molar-refractivity contribution < 1.29 is 91.1 Å². The average Bonchev–Trinajstić information content (AvgIpc) is 0. The van der Waals surface area contributed by atoms with Crippen LogP contribution in [0.15, 0.2) is 0 Å². The van der Waals surface area contributed by atoms with Crippen molar-refractivity contribution in [3.8, 4) is 0 Å². The molecule has 0 aromatic carbocycles. The van der Waals surface area contributed by atoms with Gasteiger partial charge < -0.3 is 0 Å². The van der Waals surface area contributed by atoms with Crippen LogP contribution in [-0.4, -0.2) is 19.4 Å². The van der Waals surface area contributed by atoms with E-state index in [0.717, 1.165) is 0 Å². The predicted molar refractivity (Wildman–Crippen MR) is 17.1 cm³/mol. The second-order valence-corrected chi connectivity index (χ2v) is 0. The summed E-state index contributed by atoms with van der Waals surface area (Å²) in [6, 6.07) is 0. The molecule has 0 aliphatic heterocycles. The summed E-state index contributed by atoms with van der Waals surface area (Å²) in [4.78, 5) is 0. The van der Waals surface area contributed by atoms with Crippen LogP contribution >= 0.6 is 0 Å². The summed E-state index contributed by atoms with van der Waals surface area (Å²) < 4.78 is 0. The third-order valence-corrected chi connectivity index (χ3v) is 0. The molecule has 0 fully saturated rings. The van der Waals surface area contributed by atoms with Gasteiger partial charge in [0.15, 0.2) is 0 Å². The van der Waals surface area contributed by atoms with Gasteiger partial charge in [0.2, 0.25) is 0 Å². The van der Waals surface area contributed by atoms with Crippen LogP contribution in [0.1, 0.15) is 0 Å². The zero-order valence-electron chi connectivity index (χ0n) is 2.49. The van der Waals surface area contributed by atoms with Gasteiger partial charge in [0.25, 0.3) is 0 Å². The van der Waals surface area contributed by atoms with E-state index in [0.29, 0.717) is 0 Å². The minimum Gasteiger partial charge on any atom is -0.0149 e. The third-order valence-electron chi connectivity index (χ3n) is 0. The maximum absolute atomic E-state index is 0. The van der Waals surface area contributed by atoms with Crippen molar-refractivity contribution in [3.05, 3.63) is 0 Å². The Morgan fingerprint density at radius 3 is 1.00 bits per heavy atom. The van der Waals surface area contributed by atoms with Crippen LogP contribution < -0.4 is 0 Å². The Bertz CT molecular complexity index is 15.5. The molecule has 0 heterocycles. The van der Waals surface area contributed by atoms with Crippen LogP contribution in [0, 0.1) is 0 Å². The molecule has 0 spiro atoms. The fraction of sp³-hybridized carbons (Fsp3) is 0. The van der Waals surface area contributed by atoms with Crippen molar-refractivity contribution in [2.75, 3.05) is 0 Å². The van der Waals surface area contributed by atoms with E-state index in [4.69, 9.17) is 0 Å². The Hall–Kier alpha value is 3.28. The smallest absolute Gasteiger partial charge is 0 e. The molecule has 0 aromatic rings. The SMILES string of the molecule is [B].[Cr].[Hf].[SiH4].[Ti].[Zr]. The fourth-order valence-corrected chi connectivity index (χ4v) is 0. The quantitative estimate of drug-likeness (QED) is 0.410. The van der Waals surface area contributed by atoms with Gasteiger partial charge >= 0.3 is 0 Å². The summed E-state index contributed by atoms with van der Waals surface area (Å²) in [5.41, 5.74) is 0. The first-order valence-electron chi connectivity index (χ1n) is 0. The Kier molecular flexibility index (Phi) is 402. The van der Waals surface area contributed by atoms with Gasteiger partial charge in [-0.3, -0.25) is 0 Å². The summed E-state index contributed by atoms with van der Waals surface area (Å²) in [5, 5.41) is 0. The van der Waals surface area contributed by atoms with E-state index in [2.05, 4.69) is 0 Å². The Balaban J connectivity index is 0. The summed E-state index contributed by atoms with van der Waals surface area (Å²) in [7, 11) is 0. The van der Waals surface area contributed by atoms with Gasteiger partial charge in [-0.05, 0) is 11.0 Å². The van der Waals surface area contributed by atoms with Gasteiger partial charge in [-0.15, -0.1) is 0 Å². The molecule has 29 valence electrons. The molecule has 0 N–H and O–H groups in total. The monoisotopic (exact) mass is 413 g/mol. The molecule has 0 aromatic heterocycles. The van der Waals surface area contributed by atoms with Gasteiger partial charge in [0, 0.05) is 99.5 Å². The first-order valence-corrected chi connectivity index (χ1v) is 0.